The van der Waals surface area contributed by atoms with E-state index in [4.69, 9.17) is 24.2 Å². The predicted octanol–water partition coefficient (Wildman–Crippen LogP) is 1.51. The molecule has 21 heavy (non-hydrogen) atoms. The molecule has 0 radical (unpaired) electrons. The zero-order valence-corrected chi connectivity index (χ0v) is 11.8. The van der Waals surface area contributed by atoms with Crippen LogP contribution in [0.2, 0.25) is 0 Å². The molecule has 0 aliphatic carbocycles. The smallest absolute Gasteiger partial charge is 0.348 e. The summed E-state index contributed by atoms with van der Waals surface area (Å²) in [6, 6.07) is 3.37. The average Bonchev–Trinajstić information content (AvgIpc) is 3.00. The third-order valence-corrected chi connectivity index (χ3v) is 2.84. The number of rotatable bonds is 4. The monoisotopic (exact) mass is 291 g/mol. The Bertz CT molecular complexity index is 644. The minimum Gasteiger partial charge on any atom is -0.493 e. The Hall–Kier alpha value is -2.88. The number of carbonyl (C=O) groups is 1. The first kappa shape index (κ1) is 14.5. The SMILES string of the molecule is COC(=O)/C(C#N)=C\c1cc(OC)c2c(c1OC)OCO2. The fourth-order valence-electron chi connectivity index (χ4n) is 1.91. The van der Waals surface area contributed by atoms with Crippen molar-refractivity contribution in [3.05, 3.63) is 17.2 Å². The van der Waals surface area contributed by atoms with Gasteiger partial charge in [-0.2, -0.15) is 5.26 Å². The molecule has 0 aromatic heterocycles. The first-order chi connectivity index (χ1) is 10.2. The molecule has 0 unspecified atom stereocenters. The molecule has 0 saturated heterocycles. The van der Waals surface area contributed by atoms with Crippen molar-refractivity contribution in [2.45, 2.75) is 0 Å². The average molecular weight is 291 g/mol. The summed E-state index contributed by atoms with van der Waals surface area (Å²) in [6.07, 6.45) is 1.34. The zero-order valence-electron chi connectivity index (χ0n) is 11.8. The first-order valence-corrected chi connectivity index (χ1v) is 5.91. The number of ether oxygens (including phenoxy) is 5. The molecule has 1 aromatic rings. The Kier molecular flexibility index (Phi) is 4.18. The van der Waals surface area contributed by atoms with Crippen molar-refractivity contribution in [3.63, 3.8) is 0 Å². The summed E-state index contributed by atoms with van der Waals surface area (Å²) in [5.41, 5.74) is 0.275. The molecule has 110 valence electrons. The first-order valence-electron chi connectivity index (χ1n) is 5.91. The lowest BCUT2D eigenvalue weighted by Crippen LogP contribution is -2.03. The van der Waals surface area contributed by atoms with Crippen molar-refractivity contribution in [1.29, 1.82) is 5.26 Å². The number of methoxy groups -OCH3 is 3. The van der Waals surface area contributed by atoms with Crippen LogP contribution in [-0.4, -0.2) is 34.1 Å². The molecule has 0 saturated carbocycles. The quantitative estimate of drug-likeness (QED) is 0.472. The van der Waals surface area contributed by atoms with E-state index in [1.54, 1.807) is 12.1 Å². The number of fused-ring (bicyclic) bond motifs is 1. The Balaban J connectivity index is 2.61. The van der Waals surface area contributed by atoms with Gasteiger partial charge < -0.3 is 23.7 Å². The van der Waals surface area contributed by atoms with Gasteiger partial charge >= 0.3 is 5.97 Å². The second kappa shape index (κ2) is 6.05. The molecule has 7 heteroatoms. The van der Waals surface area contributed by atoms with Crippen LogP contribution in [0.15, 0.2) is 11.6 Å². The fraction of sp³-hybridized carbons (Fsp3) is 0.286. The number of carbonyl (C=O) groups excluding carboxylic acids is 1. The number of hydrogen-bond acceptors (Lipinski definition) is 7. The van der Waals surface area contributed by atoms with Crippen LogP contribution in [-0.2, 0) is 9.53 Å². The van der Waals surface area contributed by atoms with E-state index in [1.165, 1.54) is 27.4 Å². The maximum absolute atomic E-state index is 11.5. The van der Waals surface area contributed by atoms with Crippen molar-refractivity contribution in [2.24, 2.45) is 0 Å². The molecule has 0 N–H and O–H groups in total. The van der Waals surface area contributed by atoms with E-state index in [0.29, 0.717) is 28.6 Å². The van der Waals surface area contributed by atoms with E-state index in [0.717, 1.165) is 0 Å². The highest BCUT2D eigenvalue weighted by molar-refractivity contribution is 5.98. The van der Waals surface area contributed by atoms with E-state index in [9.17, 15) is 4.79 Å². The summed E-state index contributed by atoms with van der Waals surface area (Å²) < 4.78 is 25.7. The summed E-state index contributed by atoms with van der Waals surface area (Å²) in [4.78, 5) is 11.5. The van der Waals surface area contributed by atoms with Crippen molar-refractivity contribution in [1.82, 2.24) is 0 Å². The molecule has 0 amide bonds. The molecule has 1 aliphatic heterocycles. The van der Waals surface area contributed by atoms with Gasteiger partial charge in [0.25, 0.3) is 0 Å². The highest BCUT2D eigenvalue weighted by Gasteiger charge is 2.27. The molecule has 1 heterocycles. The lowest BCUT2D eigenvalue weighted by Gasteiger charge is -2.11. The Labute approximate surface area is 121 Å². The molecule has 1 aromatic carbocycles. The van der Waals surface area contributed by atoms with Crippen LogP contribution in [0.1, 0.15) is 5.56 Å². The minimum absolute atomic E-state index is 0.0390. The fourth-order valence-corrected chi connectivity index (χ4v) is 1.91. The largest absolute Gasteiger partial charge is 0.493 e. The normalized spacial score (nSPS) is 12.6. The van der Waals surface area contributed by atoms with Crippen molar-refractivity contribution < 1.29 is 28.5 Å². The maximum atomic E-state index is 11.5. The van der Waals surface area contributed by atoms with Crippen LogP contribution < -0.4 is 18.9 Å². The zero-order chi connectivity index (χ0) is 15.4. The van der Waals surface area contributed by atoms with Crippen molar-refractivity contribution >= 4 is 12.0 Å². The lowest BCUT2D eigenvalue weighted by atomic mass is 10.1. The van der Waals surface area contributed by atoms with E-state index in [1.807, 2.05) is 0 Å². The van der Waals surface area contributed by atoms with Crippen molar-refractivity contribution in [3.8, 4) is 29.1 Å². The summed E-state index contributed by atoms with van der Waals surface area (Å²) in [7, 11) is 4.12. The van der Waals surface area contributed by atoms with Crippen molar-refractivity contribution in [2.75, 3.05) is 28.1 Å². The van der Waals surface area contributed by atoms with Gasteiger partial charge in [0.1, 0.15) is 11.6 Å². The molecule has 2 rings (SSSR count). The van der Waals surface area contributed by atoms with Gasteiger partial charge in [-0.05, 0) is 12.1 Å². The van der Waals surface area contributed by atoms with Gasteiger partial charge in [-0.3, -0.25) is 0 Å². The van der Waals surface area contributed by atoms with Gasteiger partial charge in [-0.1, -0.05) is 0 Å². The molecule has 0 spiro atoms. The second-order valence-corrected chi connectivity index (χ2v) is 3.93. The molecule has 0 atom stereocenters. The van der Waals surface area contributed by atoms with Gasteiger partial charge in [-0.25, -0.2) is 4.79 Å². The topological polar surface area (TPSA) is 87.0 Å². The van der Waals surface area contributed by atoms with E-state index >= 15 is 0 Å². The summed E-state index contributed by atoms with van der Waals surface area (Å²) in [5, 5.41) is 9.03. The number of benzene rings is 1. The molecule has 0 fully saturated rings. The van der Waals surface area contributed by atoms with E-state index in [-0.39, 0.29) is 12.4 Å². The van der Waals surface area contributed by atoms with Crippen LogP contribution >= 0.6 is 0 Å². The Morgan fingerprint density at radius 3 is 2.57 bits per heavy atom. The van der Waals surface area contributed by atoms with Gasteiger partial charge in [0.05, 0.1) is 21.3 Å². The summed E-state index contributed by atoms with van der Waals surface area (Å²) >= 11 is 0. The van der Waals surface area contributed by atoms with E-state index < -0.39 is 5.97 Å². The van der Waals surface area contributed by atoms with Gasteiger partial charge in [0, 0.05) is 5.56 Å². The van der Waals surface area contributed by atoms with Gasteiger partial charge in [0.15, 0.2) is 11.5 Å². The molecular weight excluding hydrogens is 278 g/mol. The molecule has 7 nitrogen and oxygen atoms in total. The maximum Gasteiger partial charge on any atom is 0.348 e. The van der Waals surface area contributed by atoms with E-state index in [2.05, 4.69) is 4.74 Å². The predicted molar refractivity (Wildman–Crippen MR) is 71.3 cm³/mol. The summed E-state index contributed by atoms with van der Waals surface area (Å²) in [6.45, 7) is 0.0390. The standard InChI is InChI=1S/C14H13NO6/c1-17-10-5-8(4-9(6-15)14(16)19-3)11(18-2)13-12(10)20-7-21-13/h4-5H,7H2,1-3H3/b9-4-. The highest BCUT2D eigenvalue weighted by Crippen LogP contribution is 2.49. The second-order valence-electron chi connectivity index (χ2n) is 3.93. The lowest BCUT2D eigenvalue weighted by molar-refractivity contribution is -0.135. The summed E-state index contributed by atoms with van der Waals surface area (Å²) in [5.74, 6) is 0.807. The highest BCUT2D eigenvalue weighted by atomic mass is 16.7. The van der Waals surface area contributed by atoms with Gasteiger partial charge in [-0.15, -0.1) is 0 Å². The number of nitrogens with zero attached hydrogens (tertiary/aromatic N) is 1. The number of esters is 1. The van der Waals surface area contributed by atoms with Crippen LogP contribution in [0.5, 0.6) is 23.0 Å². The van der Waals surface area contributed by atoms with Crippen LogP contribution in [0.4, 0.5) is 0 Å². The number of hydrogen-bond donors (Lipinski definition) is 0. The number of nitriles is 1. The van der Waals surface area contributed by atoms with Gasteiger partial charge in [0.2, 0.25) is 18.3 Å². The Morgan fingerprint density at radius 1 is 1.29 bits per heavy atom. The Morgan fingerprint density at radius 2 is 2.00 bits per heavy atom. The minimum atomic E-state index is -0.740. The third-order valence-electron chi connectivity index (χ3n) is 2.84. The van der Waals surface area contributed by atoms with Crippen LogP contribution in [0.25, 0.3) is 6.08 Å². The molecule has 1 aliphatic rings. The molecular formula is C14H13NO6. The van der Waals surface area contributed by atoms with Crippen LogP contribution in [0, 0.1) is 11.3 Å². The molecule has 0 bridgehead atoms. The third kappa shape index (κ3) is 2.56. The van der Waals surface area contributed by atoms with Crippen LogP contribution in [0.3, 0.4) is 0 Å².